The molecule has 1 atom stereocenters. The van der Waals surface area contributed by atoms with Gasteiger partial charge in [-0.25, -0.2) is 12.7 Å². The summed E-state index contributed by atoms with van der Waals surface area (Å²) in [5, 5.41) is 2.85. The first-order valence-electron chi connectivity index (χ1n) is 7.44. The lowest BCUT2D eigenvalue weighted by atomic mass is 9.84. The van der Waals surface area contributed by atoms with Crippen LogP contribution in [0.25, 0.3) is 0 Å². The van der Waals surface area contributed by atoms with Gasteiger partial charge in [-0.1, -0.05) is 27.7 Å². The highest BCUT2D eigenvalue weighted by Crippen LogP contribution is 2.23. The molecule has 0 aliphatic heterocycles. The van der Waals surface area contributed by atoms with Crippen molar-refractivity contribution in [2.24, 2.45) is 17.1 Å². The van der Waals surface area contributed by atoms with Gasteiger partial charge in [-0.2, -0.15) is 0 Å². The van der Waals surface area contributed by atoms with E-state index >= 15 is 0 Å². The standard InChI is InChI=1S/C14H31N3O3S/c1-6-17(21(5,19)20)9-7-8-16-13(18)12(11-15)10-14(2,3)4/h12H,6-11,15H2,1-5H3,(H,16,18). The SMILES string of the molecule is CCN(CCCNC(=O)C(CN)CC(C)(C)C)S(C)(=O)=O. The summed E-state index contributed by atoms with van der Waals surface area (Å²) in [7, 11) is -3.16. The molecule has 6 nitrogen and oxygen atoms in total. The average Bonchev–Trinajstić information content (AvgIpc) is 2.32. The Bertz CT molecular complexity index is 416. The van der Waals surface area contributed by atoms with Gasteiger partial charge in [0.05, 0.1) is 12.2 Å². The van der Waals surface area contributed by atoms with Crippen molar-refractivity contribution in [3.63, 3.8) is 0 Å². The van der Waals surface area contributed by atoms with E-state index in [0.717, 1.165) is 6.42 Å². The molecule has 0 saturated heterocycles. The number of rotatable bonds is 9. The van der Waals surface area contributed by atoms with Crippen LogP contribution >= 0.6 is 0 Å². The molecule has 0 radical (unpaired) electrons. The van der Waals surface area contributed by atoms with Gasteiger partial charge in [0.2, 0.25) is 15.9 Å². The molecule has 126 valence electrons. The average molecular weight is 321 g/mol. The van der Waals surface area contributed by atoms with Crippen LogP contribution in [0.1, 0.15) is 40.5 Å². The molecule has 0 aromatic carbocycles. The zero-order valence-corrected chi connectivity index (χ0v) is 14.8. The van der Waals surface area contributed by atoms with E-state index in [2.05, 4.69) is 26.1 Å². The second-order valence-corrected chi connectivity index (χ2v) is 8.58. The number of carbonyl (C=O) groups is 1. The fourth-order valence-corrected chi connectivity index (χ4v) is 3.12. The van der Waals surface area contributed by atoms with E-state index in [1.807, 2.05) is 0 Å². The van der Waals surface area contributed by atoms with Crippen molar-refractivity contribution in [1.82, 2.24) is 9.62 Å². The molecule has 1 unspecified atom stereocenters. The first kappa shape index (κ1) is 20.3. The maximum atomic E-state index is 12.0. The summed E-state index contributed by atoms with van der Waals surface area (Å²) >= 11 is 0. The second kappa shape index (κ2) is 8.70. The number of nitrogens with zero attached hydrogens (tertiary/aromatic N) is 1. The Balaban J connectivity index is 4.19. The highest BCUT2D eigenvalue weighted by atomic mass is 32.2. The van der Waals surface area contributed by atoms with Gasteiger partial charge in [0, 0.05) is 26.2 Å². The number of carbonyl (C=O) groups excluding carboxylic acids is 1. The molecule has 0 spiro atoms. The van der Waals surface area contributed by atoms with Crippen molar-refractivity contribution < 1.29 is 13.2 Å². The lowest BCUT2D eigenvalue weighted by molar-refractivity contribution is -0.125. The predicted octanol–water partition coefficient (Wildman–Crippen LogP) is 0.785. The minimum absolute atomic E-state index is 0.0465. The van der Waals surface area contributed by atoms with Crippen molar-refractivity contribution in [3.05, 3.63) is 0 Å². The van der Waals surface area contributed by atoms with Gasteiger partial charge in [0.15, 0.2) is 0 Å². The van der Waals surface area contributed by atoms with E-state index in [4.69, 9.17) is 5.73 Å². The summed E-state index contributed by atoms with van der Waals surface area (Å²) in [6.07, 6.45) is 2.53. The normalized spacial score (nSPS) is 14.2. The predicted molar refractivity (Wildman–Crippen MR) is 86.3 cm³/mol. The van der Waals surface area contributed by atoms with Crippen molar-refractivity contribution in [1.29, 1.82) is 0 Å². The maximum Gasteiger partial charge on any atom is 0.224 e. The summed E-state index contributed by atoms with van der Waals surface area (Å²) in [4.78, 5) is 12.0. The van der Waals surface area contributed by atoms with Crippen molar-refractivity contribution >= 4 is 15.9 Å². The Hall–Kier alpha value is -0.660. The van der Waals surface area contributed by atoms with Crippen molar-refractivity contribution in [2.45, 2.75) is 40.5 Å². The van der Waals surface area contributed by atoms with Gasteiger partial charge in [0.1, 0.15) is 0 Å². The number of hydrogen-bond donors (Lipinski definition) is 2. The minimum Gasteiger partial charge on any atom is -0.356 e. The molecule has 0 rings (SSSR count). The van der Waals surface area contributed by atoms with Crippen LogP contribution in [0.3, 0.4) is 0 Å². The number of amides is 1. The van der Waals surface area contributed by atoms with Crippen LogP contribution < -0.4 is 11.1 Å². The quantitative estimate of drug-likeness (QED) is 0.614. The van der Waals surface area contributed by atoms with E-state index in [1.54, 1.807) is 6.92 Å². The highest BCUT2D eigenvalue weighted by Gasteiger charge is 2.23. The molecule has 0 heterocycles. The van der Waals surface area contributed by atoms with Crippen molar-refractivity contribution in [3.8, 4) is 0 Å². The summed E-state index contributed by atoms with van der Waals surface area (Å²) in [5.74, 6) is -0.239. The van der Waals surface area contributed by atoms with Gasteiger partial charge in [-0.15, -0.1) is 0 Å². The smallest absolute Gasteiger partial charge is 0.224 e. The summed E-state index contributed by atoms with van der Waals surface area (Å²) in [6.45, 7) is 9.69. The molecule has 0 aromatic rings. The summed E-state index contributed by atoms with van der Waals surface area (Å²) in [5.41, 5.74) is 5.72. The Labute approximate surface area is 129 Å². The van der Waals surface area contributed by atoms with Crippen LogP contribution in [0, 0.1) is 11.3 Å². The molecule has 1 amide bonds. The lowest BCUT2D eigenvalue weighted by Gasteiger charge is -2.24. The molecule has 0 fully saturated rings. The summed E-state index contributed by atoms with van der Waals surface area (Å²) < 4.78 is 24.2. The van der Waals surface area contributed by atoms with Gasteiger partial charge in [-0.05, 0) is 18.3 Å². The van der Waals surface area contributed by atoms with Crippen LogP contribution in [0.15, 0.2) is 0 Å². The minimum atomic E-state index is -3.16. The molecular formula is C14H31N3O3S. The van der Waals surface area contributed by atoms with E-state index in [1.165, 1.54) is 10.6 Å². The molecule has 0 saturated carbocycles. The van der Waals surface area contributed by atoms with Crippen LogP contribution in [-0.4, -0.2) is 51.1 Å². The maximum absolute atomic E-state index is 12.0. The second-order valence-electron chi connectivity index (χ2n) is 6.60. The first-order chi connectivity index (χ1) is 9.51. The third-order valence-corrected chi connectivity index (χ3v) is 4.60. The molecule has 3 N–H and O–H groups in total. The van der Waals surface area contributed by atoms with E-state index in [-0.39, 0.29) is 17.2 Å². The monoisotopic (exact) mass is 321 g/mol. The van der Waals surface area contributed by atoms with Crippen LogP contribution in [0.2, 0.25) is 0 Å². The first-order valence-corrected chi connectivity index (χ1v) is 9.29. The van der Waals surface area contributed by atoms with E-state index in [9.17, 15) is 13.2 Å². The Morgan fingerprint density at radius 2 is 1.90 bits per heavy atom. The number of hydrogen-bond acceptors (Lipinski definition) is 4. The van der Waals surface area contributed by atoms with Crippen LogP contribution in [-0.2, 0) is 14.8 Å². The van der Waals surface area contributed by atoms with Crippen LogP contribution in [0.5, 0.6) is 0 Å². The number of sulfonamides is 1. The van der Waals surface area contributed by atoms with E-state index in [0.29, 0.717) is 32.6 Å². The molecule has 7 heteroatoms. The molecule has 0 bridgehead atoms. The molecule has 0 aliphatic carbocycles. The number of nitrogens with two attached hydrogens (primary N) is 1. The molecule has 0 aromatic heterocycles. The molecule has 21 heavy (non-hydrogen) atoms. The lowest BCUT2D eigenvalue weighted by Crippen LogP contribution is -2.39. The van der Waals surface area contributed by atoms with Crippen molar-refractivity contribution in [2.75, 3.05) is 32.4 Å². The third-order valence-electron chi connectivity index (χ3n) is 3.22. The molecular weight excluding hydrogens is 290 g/mol. The fraction of sp³-hybridized carbons (Fsp3) is 0.929. The molecule has 0 aliphatic rings. The Morgan fingerprint density at radius 3 is 2.29 bits per heavy atom. The zero-order chi connectivity index (χ0) is 16.7. The zero-order valence-electron chi connectivity index (χ0n) is 14.0. The topological polar surface area (TPSA) is 92.5 Å². The van der Waals surface area contributed by atoms with Gasteiger partial charge in [-0.3, -0.25) is 4.79 Å². The highest BCUT2D eigenvalue weighted by molar-refractivity contribution is 7.88. The largest absolute Gasteiger partial charge is 0.356 e. The summed E-state index contributed by atoms with van der Waals surface area (Å²) in [6, 6.07) is 0. The van der Waals surface area contributed by atoms with Gasteiger partial charge >= 0.3 is 0 Å². The Morgan fingerprint density at radius 1 is 1.33 bits per heavy atom. The third kappa shape index (κ3) is 9.06. The number of nitrogens with one attached hydrogen (secondary N) is 1. The van der Waals surface area contributed by atoms with Gasteiger partial charge < -0.3 is 11.1 Å². The van der Waals surface area contributed by atoms with Crippen LogP contribution in [0.4, 0.5) is 0 Å². The fourth-order valence-electron chi connectivity index (χ4n) is 2.19. The van der Waals surface area contributed by atoms with E-state index < -0.39 is 10.0 Å². The van der Waals surface area contributed by atoms with Gasteiger partial charge in [0.25, 0.3) is 0 Å². The Kier molecular flexibility index (Phi) is 8.43.